The van der Waals surface area contributed by atoms with Crippen molar-refractivity contribution < 1.29 is 31.6 Å². The van der Waals surface area contributed by atoms with E-state index in [1.165, 1.54) is 41.3 Å². The van der Waals surface area contributed by atoms with Crippen molar-refractivity contribution in [2.45, 2.75) is 18.7 Å². The van der Waals surface area contributed by atoms with E-state index in [1.807, 2.05) is 0 Å². The van der Waals surface area contributed by atoms with Crippen molar-refractivity contribution in [1.82, 2.24) is 10.1 Å². The van der Waals surface area contributed by atoms with Gasteiger partial charge in [0.25, 0.3) is 0 Å². The average Bonchev–Trinajstić information content (AvgIpc) is 3.29. The van der Waals surface area contributed by atoms with Crippen molar-refractivity contribution in [1.29, 1.82) is 0 Å². The summed E-state index contributed by atoms with van der Waals surface area (Å²) in [6.07, 6.45) is -4.62. The van der Waals surface area contributed by atoms with Gasteiger partial charge >= 0.3 is 6.36 Å². The molecule has 1 saturated heterocycles. The first-order valence-electron chi connectivity index (χ1n) is 8.54. The molecule has 0 aliphatic carbocycles. The molecule has 4 rings (SSSR count). The van der Waals surface area contributed by atoms with Gasteiger partial charge in [0.15, 0.2) is 0 Å². The van der Waals surface area contributed by atoms with Gasteiger partial charge < -0.3 is 14.2 Å². The number of hydrogen-bond donors (Lipinski definition) is 0. The Morgan fingerprint density at radius 3 is 2.41 bits per heavy atom. The van der Waals surface area contributed by atoms with Crippen LogP contribution in [-0.4, -0.2) is 29.0 Å². The highest BCUT2D eigenvalue weighted by Gasteiger charge is 2.35. The summed E-state index contributed by atoms with van der Waals surface area (Å²) in [5, 5.41) is 3.84. The Morgan fingerprint density at radius 2 is 1.76 bits per heavy atom. The van der Waals surface area contributed by atoms with Crippen LogP contribution in [0, 0.1) is 5.82 Å². The quantitative estimate of drug-likeness (QED) is 0.604. The summed E-state index contributed by atoms with van der Waals surface area (Å²) >= 11 is 0. The van der Waals surface area contributed by atoms with E-state index in [2.05, 4.69) is 14.9 Å². The van der Waals surface area contributed by atoms with E-state index in [-0.39, 0.29) is 35.7 Å². The van der Waals surface area contributed by atoms with E-state index < -0.39 is 12.2 Å². The molecule has 0 saturated carbocycles. The molecule has 150 valence electrons. The lowest BCUT2D eigenvalue weighted by Gasteiger charge is -2.15. The number of aromatic nitrogens is 2. The number of alkyl halides is 3. The largest absolute Gasteiger partial charge is 0.573 e. The van der Waals surface area contributed by atoms with Crippen LogP contribution in [0.4, 0.5) is 23.2 Å². The summed E-state index contributed by atoms with van der Waals surface area (Å²) < 4.78 is 58.9. The van der Waals surface area contributed by atoms with E-state index in [1.54, 1.807) is 0 Å². The van der Waals surface area contributed by atoms with Gasteiger partial charge in [0.1, 0.15) is 11.6 Å². The first-order valence-corrected chi connectivity index (χ1v) is 8.54. The zero-order valence-electron chi connectivity index (χ0n) is 14.7. The number of ether oxygens (including phenoxy) is 1. The molecule has 1 aliphatic heterocycles. The van der Waals surface area contributed by atoms with Crippen LogP contribution in [0.15, 0.2) is 53.1 Å². The van der Waals surface area contributed by atoms with Crippen LogP contribution in [0.25, 0.3) is 11.4 Å². The fourth-order valence-corrected chi connectivity index (χ4v) is 3.07. The molecule has 0 bridgehead atoms. The molecule has 1 aliphatic rings. The van der Waals surface area contributed by atoms with E-state index in [4.69, 9.17) is 4.52 Å². The Kier molecular flexibility index (Phi) is 4.69. The number of nitrogens with zero attached hydrogens (tertiary/aromatic N) is 3. The van der Waals surface area contributed by atoms with E-state index in [0.29, 0.717) is 17.8 Å². The van der Waals surface area contributed by atoms with Crippen LogP contribution >= 0.6 is 0 Å². The molecule has 1 unspecified atom stereocenters. The Bertz CT molecular complexity index is 1020. The molecular weight excluding hydrogens is 394 g/mol. The molecule has 10 heteroatoms. The standard InChI is InChI=1S/C19H13F4N3O3/c20-13-3-5-14(6-4-13)26-10-12(9-16(26)27)18-24-17(25-29-18)11-1-7-15(8-2-11)28-19(21,22)23/h1-8,12H,9-10H2. The minimum atomic E-state index is -4.77. The summed E-state index contributed by atoms with van der Waals surface area (Å²) in [6.45, 7) is 0.296. The molecular formula is C19H13F4N3O3. The van der Waals surface area contributed by atoms with E-state index in [9.17, 15) is 22.4 Å². The number of hydrogen-bond acceptors (Lipinski definition) is 5. The molecule has 6 nitrogen and oxygen atoms in total. The minimum Gasteiger partial charge on any atom is -0.406 e. The molecule has 3 aromatic rings. The number of halogens is 4. The van der Waals surface area contributed by atoms with Crippen molar-refractivity contribution in [3.05, 3.63) is 60.2 Å². The van der Waals surface area contributed by atoms with Crippen LogP contribution in [0.3, 0.4) is 0 Å². The maximum atomic E-state index is 13.1. The van der Waals surface area contributed by atoms with Crippen molar-refractivity contribution in [2.24, 2.45) is 0 Å². The molecule has 2 heterocycles. The van der Waals surface area contributed by atoms with Crippen molar-refractivity contribution in [3.8, 4) is 17.1 Å². The summed E-state index contributed by atoms with van der Waals surface area (Å²) in [7, 11) is 0. The predicted octanol–water partition coefficient (Wildman–Crippen LogP) is 4.29. The second-order valence-electron chi connectivity index (χ2n) is 6.41. The molecule has 2 aromatic carbocycles. The zero-order valence-corrected chi connectivity index (χ0v) is 14.7. The van der Waals surface area contributed by atoms with Crippen LogP contribution in [-0.2, 0) is 4.79 Å². The second kappa shape index (κ2) is 7.19. The van der Waals surface area contributed by atoms with Gasteiger partial charge in [-0.15, -0.1) is 13.2 Å². The van der Waals surface area contributed by atoms with Gasteiger partial charge in [0, 0.05) is 24.2 Å². The Labute approximate surface area is 161 Å². The van der Waals surface area contributed by atoms with Crippen LogP contribution < -0.4 is 9.64 Å². The second-order valence-corrected chi connectivity index (χ2v) is 6.41. The lowest BCUT2D eigenvalue weighted by atomic mass is 10.1. The summed E-state index contributed by atoms with van der Waals surface area (Å²) in [4.78, 5) is 18.1. The third-order valence-electron chi connectivity index (χ3n) is 4.40. The lowest BCUT2D eigenvalue weighted by molar-refractivity contribution is -0.274. The summed E-state index contributed by atoms with van der Waals surface area (Å²) in [6, 6.07) is 10.6. The summed E-state index contributed by atoms with van der Waals surface area (Å²) in [5.74, 6) is -0.831. The SMILES string of the molecule is O=C1CC(c2nc(-c3ccc(OC(F)(F)F)cc3)no2)CN1c1ccc(F)cc1. The highest BCUT2D eigenvalue weighted by Crippen LogP contribution is 2.32. The number of anilines is 1. The van der Waals surface area contributed by atoms with Gasteiger partial charge in [-0.3, -0.25) is 4.79 Å². The third-order valence-corrected chi connectivity index (χ3v) is 4.40. The minimum absolute atomic E-state index is 0.150. The average molecular weight is 407 g/mol. The van der Waals surface area contributed by atoms with Gasteiger partial charge in [0.05, 0.1) is 5.92 Å². The predicted molar refractivity (Wildman–Crippen MR) is 92.5 cm³/mol. The Balaban J connectivity index is 1.48. The van der Waals surface area contributed by atoms with Gasteiger partial charge in [-0.1, -0.05) is 5.16 Å². The lowest BCUT2D eigenvalue weighted by Crippen LogP contribution is -2.24. The van der Waals surface area contributed by atoms with Crippen LogP contribution in [0.2, 0.25) is 0 Å². The molecule has 0 radical (unpaired) electrons. The van der Waals surface area contributed by atoms with Crippen LogP contribution in [0.5, 0.6) is 5.75 Å². The molecule has 0 N–H and O–H groups in total. The summed E-state index contributed by atoms with van der Waals surface area (Å²) in [5.41, 5.74) is 1.01. The maximum Gasteiger partial charge on any atom is 0.573 e. The molecule has 1 fully saturated rings. The van der Waals surface area contributed by atoms with Gasteiger partial charge in [-0.25, -0.2) is 4.39 Å². The van der Waals surface area contributed by atoms with Crippen molar-refractivity contribution in [3.63, 3.8) is 0 Å². The van der Waals surface area contributed by atoms with Crippen molar-refractivity contribution >= 4 is 11.6 Å². The molecule has 1 amide bonds. The Morgan fingerprint density at radius 1 is 1.07 bits per heavy atom. The number of benzene rings is 2. The van der Waals surface area contributed by atoms with Gasteiger partial charge in [0.2, 0.25) is 17.6 Å². The fourth-order valence-electron chi connectivity index (χ4n) is 3.07. The number of carbonyl (C=O) groups is 1. The monoisotopic (exact) mass is 407 g/mol. The van der Waals surface area contributed by atoms with E-state index in [0.717, 1.165) is 12.1 Å². The first-order chi connectivity index (χ1) is 13.8. The zero-order chi connectivity index (χ0) is 20.6. The number of carbonyl (C=O) groups excluding carboxylic acids is 1. The Hall–Kier alpha value is -3.43. The van der Waals surface area contributed by atoms with Gasteiger partial charge in [-0.2, -0.15) is 4.98 Å². The van der Waals surface area contributed by atoms with Crippen LogP contribution in [0.1, 0.15) is 18.2 Å². The smallest absolute Gasteiger partial charge is 0.406 e. The number of rotatable bonds is 4. The van der Waals surface area contributed by atoms with E-state index >= 15 is 0 Å². The highest BCUT2D eigenvalue weighted by atomic mass is 19.4. The molecule has 0 spiro atoms. The number of amides is 1. The normalized spacial score (nSPS) is 17.0. The third kappa shape index (κ3) is 4.20. The molecule has 1 aromatic heterocycles. The van der Waals surface area contributed by atoms with Crippen molar-refractivity contribution in [2.75, 3.05) is 11.4 Å². The highest BCUT2D eigenvalue weighted by molar-refractivity contribution is 5.96. The fraction of sp³-hybridized carbons (Fsp3) is 0.211. The maximum absolute atomic E-state index is 13.1. The molecule has 29 heavy (non-hydrogen) atoms. The van der Waals surface area contributed by atoms with Gasteiger partial charge in [-0.05, 0) is 48.5 Å². The topological polar surface area (TPSA) is 68.5 Å². The first kappa shape index (κ1) is 18.9. The molecule has 1 atom stereocenters.